The van der Waals surface area contributed by atoms with E-state index in [1.807, 2.05) is 0 Å². The molecule has 0 radical (unpaired) electrons. The van der Waals surface area contributed by atoms with Crippen LogP contribution in [0.1, 0.15) is 11.7 Å². The summed E-state index contributed by atoms with van der Waals surface area (Å²) in [4.78, 5) is 9.34. The molecular formula is C8H5F4NO2. The second-order valence-corrected chi connectivity index (χ2v) is 2.76. The van der Waals surface area contributed by atoms with Crippen molar-refractivity contribution in [3.05, 3.63) is 39.9 Å². The Bertz CT molecular complexity index is 377. The number of halogens is 4. The topological polar surface area (TPSA) is 43.1 Å². The lowest BCUT2D eigenvalue weighted by Gasteiger charge is -2.11. The Morgan fingerprint density at radius 2 is 1.93 bits per heavy atom. The minimum Gasteiger partial charge on any atom is -0.258 e. The highest BCUT2D eigenvalue weighted by molar-refractivity contribution is 5.35. The minimum atomic E-state index is -5.05. The second-order valence-electron chi connectivity index (χ2n) is 2.76. The number of hydrogen-bond donors (Lipinski definition) is 0. The van der Waals surface area contributed by atoms with Crippen LogP contribution in [0.5, 0.6) is 0 Å². The summed E-state index contributed by atoms with van der Waals surface area (Å²) in [5.74, 6) is 0. The zero-order valence-corrected chi connectivity index (χ0v) is 7.16. The largest absolute Gasteiger partial charge is 0.423 e. The van der Waals surface area contributed by atoms with E-state index in [1.54, 1.807) is 0 Å². The number of hydrogen-bond acceptors (Lipinski definition) is 2. The molecule has 15 heavy (non-hydrogen) atoms. The van der Waals surface area contributed by atoms with Gasteiger partial charge in [0.1, 0.15) is 0 Å². The molecule has 0 N–H and O–H groups in total. The van der Waals surface area contributed by atoms with Crippen LogP contribution >= 0.6 is 0 Å². The predicted octanol–water partition coefficient (Wildman–Crippen LogP) is 3.17. The maximum Gasteiger partial charge on any atom is 0.423 e. The fourth-order valence-corrected chi connectivity index (χ4v) is 0.985. The molecule has 0 aliphatic heterocycles. The summed E-state index contributed by atoms with van der Waals surface area (Å²) in [5.41, 5.74) is -1.34. The quantitative estimate of drug-likeness (QED) is 0.439. The van der Waals surface area contributed by atoms with Crippen LogP contribution in [0.3, 0.4) is 0 Å². The first-order valence-electron chi connectivity index (χ1n) is 3.77. The molecule has 1 rings (SSSR count). The van der Waals surface area contributed by atoms with Gasteiger partial charge in [0.05, 0.1) is 4.92 Å². The van der Waals surface area contributed by atoms with Crippen LogP contribution in [0, 0.1) is 10.1 Å². The molecule has 0 saturated heterocycles. The molecule has 0 amide bonds. The molecule has 3 nitrogen and oxygen atoms in total. The van der Waals surface area contributed by atoms with Gasteiger partial charge in [-0.25, -0.2) is 4.39 Å². The Hall–Kier alpha value is -1.66. The van der Waals surface area contributed by atoms with Crippen molar-refractivity contribution in [1.82, 2.24) is 0 Å². The summed E-state index contributed by atoms with van der Waals surface area (Å²) in [5, 5.41) is 10.2. The van der Waals surface area contributed by atoms with Crippen molar-refractivity contribution >= 4 is 5.69 Å². The first-order chi connectivity index (χ1) is 6.82. The van der Waals surface area contributed by atoms with E-state index < -0.39 is 28.5 Å². The van der Waals surface area contributed by atoms with Crippen molar-refractivity contribution in [2.24, 2.45) is 0 Å². The van der Waals surface area contributed by atoms with E-state index >= 15 is 0 Å². The van der Waals surface area contributed by atoms with Crippen LogP contribution in [0.4, 0.5) is 23.2 Å². The van der Waals surface area contributed by atoms with Gasteiger partial charge in [0.2, 0.25) is 6.17 Å². The average molecular weight is 223 g/mol. The van der Waals surface area contributed by atoms with Gasteiger partial charge < -0.3 is 0 Å². The fourth-order valence-electron chi connectivity index (χ4n) is 0.985. The minimum absolute atomic E-state index is 0.568. The third-order valence-corrected chi connectivity index (χ3v) is 1.66. The lowest BCUT2D eigenvalue weighted by Crippen LogP contribution is -2.16. The van der Waals surface area contributed by atoms with Gasteiger partial charge >= 0.3 is 6.18 Å². The number of rotatable bonds is 2. The summed E-state index contributed by atoms with van der Waals surface area (Å²) >= 11 is 0. The SMILES string of the molecule is O=[N+]([O-])c1cccc(C(F)C(F)(F)F)c1. The van der Waals surface area contributed by atoms with Crippen molar-refractivity contribution in [3.63, 3.8) is 0 Å². The Labute approximate surface area is 81.5 Å². The number of alkyl halides is 4. The lowest BCUT2D eigenvalue weighted by molar-refractivity contribution is -0.385. The molecule has 0 aliphatic rings. The molecule has 1 aromatic carbocycles. The third-order valence-electron chi connectivity index (χ3n) is 1.66. The van der Waals surface area contributed by atoms with Crippen LogP contribution in [0.25, 0.3) is 0 Å². The van der Waals surface area contributed by atoms with E-state index in [2.05, 4.69) is 0 Å². The van der Waals surface area contributed by atoms with Crippen LogP contribution in [0.2, 0.25) is 0 Å². The normalized spacial score (nSPS) is 13.6. The third kappa shape index (κ3) is 2.64. The smallest absolute Gasteiger partial charge is 0.258 e. The van der Waals surface area contributed by atoms with Gasteiger partial charge in [-0.3, -0.25) is 10.1 Å². The molecule has 0 bridgehead atoms. The molecule has 82 valence electrons. The van der Waals surface area contributed by atoms with Gasteiger partial charge in [-0.2, -0.15) is 13.2 Å². The van der Waals surface area contributed by atoms with E-state index in [0.29, 0.717) is 6.07 Å². The molecule has 7 heteroatoms. The van der Waals surface area contributed by atoms with Gasteiger partial charge in [0.25, 0.3) is 5.69 Å². The number of nitrogens with zero attached hydrogens (tertiary/aromatic N) is 1. The monoisotopic (exact) mass is 223 g/mol. The van der Waals surface area contributed by atoms with E-state index in [0.717, 1.165) is 18.2 Å². The molecule has 0 fully saturated rings. The van der Waals surface area contributed by atoms with Crippen LogP contribution < -0.4 is 0 Å². The Kier molecular flexibility index (Phi) is 2.92. The maximum atomic E-state index is 12.7. The Balaban J connectivity index is 3.06. The highest BCUT2D eigenvalue weighted by Gasteiger charge is 2.41. The Morgan fingerprint density at radius 3 is 2.40 bits per heavy atom. The molecule has 0 saturated carbocycles. The van der Waals surface area contributed by atoms with Crippen molar-refractivity contribution in [2.45, 2.75) is 12.3 Å². The summed E-state index contributed by atoms with van der Waals surface area (Å²) in [6, 6.07) is 3.42. The van der Waals surface area contributed by atoms with E-state index in [1.165, 1.54) is 0 Å². The first kappa shape index (κ1) is 11.4. The lowest BCUT2D eigenvalue weighted by atomic mass is 10.1. The molecule has 0 aliphatic carbocycles. The number of nitro benzene ring substituents is 1. The second kappa shape index (κ2) is 3.84. The van der Waals surface area contributed by atoms with Gasteiger partial charge in [-0.05, 0) is 0 Å². The van der Waals surface area contributed by atoms with Crippen molar-refractivity contribution in [1.29, 1.82) is 0 Å². The number of non-ortho nitro benzene ring substituents is 1. The summed E-state index contributed by atoms with van der Waals surface area (Å²) in [6.45, 7) is 0. The average Bonchev–Trinajstić information content (AvgIpc) is 2.15. The maximum absolute atomic E-state index is 12.7. The fraction of sp³-hybridized carbons (Fsp3) is 0.250. The summed E-state index contributed by atoms with van der Waals surface area (Å²) < 4.78 is 48.5. The van der Waals surface area contributed by atoms with Crippen LogP contribution in [-0.4, -0.2) is 11.1 Å². The van der Waals surface area contributed by atoms with Crippen LogP contribution in [0.15, 0.2) is 24.3 Å². The molecule has 0 aromatic heterocycles. The van der Waals surface area contributed by atoms with E-state index in [4.69, 9.17) is 0 Å². The molecule has 1 aromatic rings. The molecular weight excluding hydrogens is 218 g/mol. The highest BCUT2D eigenvalue weighted by Crippen LogP contribution is 2.36. The molecule has 0 spiro atoms. The predicted molar refractivity (Wildman–Crippen MR) is 43.0 cm³/mol. The number of nitro groups is 1. The van der Waals surface area contributed by atoms with Crippen molar-refractivity contribution in [2.75, 3.05) is 0 Å². The zero-order chi connectivity index (χ0) is 11.6. The Morgan fingerprint density at radius 1 is 1.33 bits per heavy atom. The summed E-state index contributed by atoms with van der Waals surface area (Å²) in [7, 11) is 0. The highest BCUT2D eigenvalue weighted by atomic mass is 19.4. The standard InChI is InChI=1S/C8H5F4NO2/c9-7(8(10,11)12)5-2-1-3-6(4-5)13(14)15/h1-4,7H. The van der Waals surface area contributed by atoms with Crippen LogP contribution in [-0.2, 0) is 0 Å². The van der Waals surface area contributed by atoms with Crippen molar-refractivity contribution in [3.8, 4) is 0 Å². The molecule has 0 heterocycles. The van der Waals surface area contributed by atoms with Gasteiger partial charge in [0, 0.05) is 17.7 Å². The molecule has 1 atom stereocenters. The van der Waals surface area contributed by atoms with E-state index in [-0.39, 0.29) is 0 Å². The molecule has 1 unspecified atom stereocenters. The summed E-state index contributed by atoms with van der Waals surface area (Å²) in [6.07, 6.45) is -8.24. The van der Waals surface area contributed by atoms with Gasteiger partial charge in [0.15, 0.2) is 0 Å². The van der Waals surface area contributed by atoms with Gasteiger partial charge in [-0.1, -0.05) is 12.1 Å². The first-order valence-corrected chi connectivity index (χ1v) is 3.77. The van der Waals surface area contributed by atoms with Gasteiger partial charge in [-0.15, -0.1) is 0 Å². The van der Waals surface area contributed by atoms with E-state index in [9.17, 15) is 27.7 Å². The number of benzene rings is 1. The zero-order valence-electron chi connectivity index (χ0n) is 7.16. The van der Waals surface area contributed by atoms with Crippen molar-refractivity contribution < 1.29 is 22.5 Å².